The number of pyridine rings is 1. The second-order valence-electron chi connectivity index (χ2n) is 3.66. The Kier molecular flexibility index (Phi) is 5.06. The number of rotatable bonds is 2. The van der Waals surface area contributed by atoms with Crippen LogP contribution in [0.5, 0.6) is 0 Å². The van der Waals surface area contributed by atoms with Crippen molar-refractivity contribution >= 4 is 75.9 Å². The van der Waals surface area contributed by atoms with Gasteiger partial charge in [-0.2, -0.15) is 0 Å². The lowest BCUT2D eigenvalue weighted by atomic mass is 10.1. The van der Waals surface area contributed by atoms with Crippen LogP contribution in [0.15, 0.2) is 12.3 Å². The number of carbonyl (C=O) groups excluding carboxylic acids is 1. The summed E-state index contributed by atoms with van der Waals surface area (Å²) in [6.45, 7) is 0. The van der Waals surface area contributed by atoms with E-state index in [1.165, 1.54) is 12.3 Å². The van der Waals surface area contributed by atoms with Crippen molar-refractivity contribution in [2.24, 2.45) is 0 Å². The van der Waals surface area contributed by atoms with Crippen LogP contribution in [-0.2, 0) is 0 Å². The molecular formula is C12H3Cl6NO. The second kappa shape index (κ2) is 6.27. The molecule has 0 aliphatic heterocycles. The molecule has 0 saturated carbocycles. The fourth-order valence-corrected chi connectivity index (χ4v) is 3.10. The van der Waals surface area contributed by atoms with Crippen LogP contribution in [0.1, 0.15) is 10.4 Å². The molecule has 2 aromatic rings. The van der Waals surface area contributed by atoms with Crippen molar-refractivity contribution in [1.82, 2.24) is 4.98 Å². The molecule has 0 amide bonds. The predicted octanol–water partition coefficient (Wildman–Crippen LogP) is 6.48. The Hall–Kier alpha value is -0.220. The maximum absolute atomic E-state index is 10.7. The molecule has 1 aromatic carbocycles. The minimum Gasteiger partial charge on any atom is -0.298 e. The third kappa shape index (κ3) is 2.74. The highest BCUT2D eigenvalue weighted by Crippen LogP contribution is 2.48. The molecule has 0 unspecified atom stereocenters. The number of aromatic nitrogens is 1. The molecule has 2 rings (SSSR count). The van der Waals surface area contributed by atoms with Gasteiger partial charge in [-0.05, 0) is 6.07 Å². The lowest BCUT2D eigenvalue weighted by Gasteiger charge is -2.13. The summed E-state index contributed by atoms with van der Waals surface area (Å²) in [7, 11) is 0. The van der Waals surface area contributed by atoms with Crippen molar-refractivity contribution in [3.05, 3.63) is 48.0 Å². The standard InChI is InChI=1S/C12H3Cl6NO/c13-5-1-4(3-20)2-19-12(5)6-7(14)9(16)11(18)10(17)8(6)15/h1-3H. The first kappa shape index (κ1) is 16.2. The van der Waals surface area contributed by atoms with E-state index in [0.29, 0.717) is 11.8 Å². The van der Waals surface area contributed by atoms with Crippen molar-refractivity contribution in [3.8, 4) is 11.3 Å². The van der Waals surface area contributed by atoms with Crippen molar-refractivity contribution in [1.29, 1.82) is 0 Å². The van der Waals surface area contributed by atoms with Gasteiger partial charge in [0.25, 0.3) is 0 Å². The van der Waals surface area contributed by atoms with Gasteiger partial charge in [0.2, 0.25) is 0 Å². The quantitative estimate of drug-likeness (QED) is 0.334. The van der Waals surface area contributed by atoms with E-state index in [1.807, 2.05) is 0 Å². The first-order valence-corrected chi connectivity index (χ1v) is 7.27. The maximum atomic E-state index is 10.7. The number of benzene rings is 1. The van der Waals surface area contributed by atoms with Gasteiger partial charge < -0.3 is 0 Å². The van der Waals surface area contributed by atoms with Gasteiger partial charge in [0.05, 0.1) is 35.8 Å². The third-order valence-electron chi connectivity index (χ3n) is 2.45. The number of aldehydes is 1. The molecular weight excluding hydrogens is 387 g/mol. The Morgan fingerprint density at radius 3 is 1.80 bits per heavy atom. The lowest BCUT2D eigenvalue weighted by molar-refractivity contribution is 0.112. The van der Waals surface area contributed by atoms with Crippen LogP contribution in [0, 0.1) is 0 Å². The minimum absolute atomic E-state index is 0.0488. The molecule has 0 radical (unpaired) electrons. The van der Waals surface area contributed by atoms with E-state index in [4.69, 9.17) is 69.6 Å². The Morgan fingerprint density at radius 2 is 1.35 bits per heavy atom. The average molecular weight is 390 g/mol. The van der Waals surface area contributed by atoms with E-state index in [0.717, 1.165) is 0 Å². The van der Waals surface area contributed by atoms with Crippen LogP contribution in [-0.4, -0.2) is 11.3 Å². The summed E-state index contributed by atoms with van der Waals surface area (Å²) in [6, 6.07) is 1.43. The normalized spacial score (nSPS) is 10.7. The third-order valence-corrected chi connectivity index (χ3v) is 5.01. The van der Waals surface area contributed by atoms with Gasteiger partial charge in [0.15, 0.2) is 6.29 Å². The molecule has 0 aliphatic carbocycles. The van der Waals surface area contributed by atoms with E-state index in [1.54, 1.807) is 0 Å². The van der Waals surface area contributed by atoms with Crippen LogP contribution >= 0.6 is 69.6 Å². The molecule has 0 spiro atoms. The first-order chi connectivity index (χ1) is 9.38. The van der Waals surface area contributed by atoms with Gasteiger partial charge in [-0.25, -0.2) is 0 Å². The van der Waals surface area contributed by atoms with Crippen LogP contribution in [0.2, 0.25) is 30.1 Å². The highest BCUT2D eigenvalue weighted by atomic mass is 35.5. The molecule has 0 atom stereocenters. The Balaban J connectivity index is 2.80. The van der Waals surface area contributed by atoms with Gasteiger partial charge in [-0.15, -0.1) is 0 Å². The van der Waals surface area contributed by atoms with Crippen LogP contribution in [0.25, 0.3) is 11.3 Å². The molecule has 0 N–H and O–H groups in total. The van der Waals surface area contributed by atoms with E-state index >= 15 is 0 Å². The Bertz CT molecular complexity index is 687. The zero-order chi connectivity index (χ0) is 15.0. The smallest absolute Gasteiger partial charge is 0.151 e. The molecule has 0 saturated heterocycles. The predicted molar refractivity (Wildman–Crippen MR) is 85.1 cm³/mol. The van der Waals surface area contributed by atoms with Crippen molar-refractivity contribution < 1.29 is 4.79 Å². The molecule has 1 heterocycles. The molecule has 0 fully saturated rings. The Morgan fingerprint density at radius 1 is 0.850 bits per heavy atom. The van der Waals surface area contributed by atoms with Gasteiger partial charge in [-0.3, -0.25) is 9.78 Å². The Labute approximate surface area is 144 Å². The maximum Gasteiger partial charge on any atom is 0.151 e. The largest absolute Gasteiger partial charge is 0.298 e. The van der Waals surface area contributed by atoms with E-state index in [2.05, 4.69) is 4.98 Å². The summed E-state index contributed by atoms with van der Waals surface area (Å²) in [5, 5.41) is 0.504. The second-order valence-corrected chi connectivity index (χ2v) is 5.96. The van der Waals surface area contributed by atoms with Crippen LogP contribution in [0.3, 0.4) is 0 Å². The fraction of sp³-hybridized carbons (Fsp3) is 0. The highest BCUT2D eigenvalue weighted by molar-refractivity contribution is 6.56. The molecule has 0 aliphatic rings. The number of halogens is 6. The number of hydrogen-bond donors (Lipinski definition) is 0. The minimum atomic E-state index is 0.0488. The van der Waals surface area contributed by atoms with Crippen molar-refractivity contribution in [2.75, 3.05) is 0 Å². The summed E-state index contributed by atoms with van der Waals surface area (Å²) in [5.74, 6) is 0. The average Bonchev–Trinajstić information content (AvgIpc) is 2.44. The topological polar surface area (TPSA) is 30.0 Å². The van der Waals surface area contributed by atoms with E-state index in [9.17, 15) is 4.79 Å². The molecule has 1 aromatic heterocycles. The summed E-state index contributed by atoms with van der Waals surface area (Å²) >= 11 is 36.2. The van der Waals surface area contributed by atoms with Crippen LogP contribution < -0.4 is 0 Å². The fourth-order valence-electron chi connectivity index (χ4n) is 1.51. The highest BCUT2D eigenvalue weighted by Gasteiger charge is 2.22. The SMILES string of the molecule is O=Cc1cnc(-c2c(Cl)c(Cl)c(Cl)c(Cl)c2Cl)c(Cl)c1. The first-order valence-electron chi connectivity index (χ1n) is 5.01. The van der Waals surface area contributed by atoms with Crippen molar-refractivity contribution in [3.63, 3.8) is 0 Å². The van der Waals surface area contributed by atoms with Crippen molar-refractivity contribution in [2.45, 2.75) is 0 Å². The van der Waals surface area contributed by atoms with E-state index in [-0.39, 0.29) is 41.4 Å². The lowest BCUT2D eigenvalue weighted by Crippen LogP contribution is -1.92. The van der Waals surface area contributed by atoms with Gasteiger partial charge in [0.1, 0.15) is 0 Å². The molecule has 0 bridgehead atoms. The summed E-state index contributed by atoms with van der Waals surface area (Å²) < 4.78 is 0. The zero-order valence-electron chi connectivity index (χ0n) is 9.36. The van der Waals surface area contributed by atoms with Gasteiger partial charge in [-0.1, -0.05) is 69.6 Å². The number of carbonyl (C=O) groups is 1. The molecule has 8 heteroatoms. The summed E-state index contributed by atoms with van der Waals surface area (Å²) in [5.41, 5.74) is 0.833. The summed E-state index contributed by atoms with van der Waals surface area (Å²) in [6.07, 6.45) is 1.95. The van der Waals surface area contributed by atoms with Gasteiger partial charge >= 0.3 is 0 Å². The zero-order valence-corrected chi connectivity index (χ0v) is 13.9. The number of nitrogens with zero attached hydrogens (tertiary/aromatic N) is 1. The summed E-state index contributed by atoms with van der Waals surface area (Å²) in [4.78, 5) is 14.7. The van der Waals surface area contributed by atoms with Gasteiger partial charge in [0, 0.05) is 17.3 Å². The monoisotopic (exact) mass is 387 g/mol. The molecule has 104 valence electrons. The molecule has 20 heavy (non-hydrogen) atoms. The van der Waals surface area contributed by atoms with Crippen LogP contribution in [0.4, 0.5) is 0 Å². The van der Waals surface area contributed by atoms with E-state index < -0.39 is 0 Å². The molecule has 2 nitrogen and oxygen atoms in total. The number of hydrogen-bond acceptors (Lipinski definition) is 2.